The van der Waals surface area contributed by atoms with Crippen LogP contribution in [0.2, 0.25) is 5.02 Å². The first kappa shape index (κ1) is 11.7. The van der Waals surface area contributed by atoms with Gasteiger partial charge in [0.25, 0.3) is 5.91 Å². The Morgan fingerprint density at radius 3 is 2.88 bits per heavy atom. The van der Waals surface area contributed by atoms with Crippen molar-refractivity contribution in [3.8, 4) is 0 Å². The molecule has 0 saturated heterocycles. The molecule has 0 bridgehead atoms. The predicted molar refractivity (Wildman–Crippen MR) is 63.7 cm³/mol. The van der Waals surface area contributed by atoms with E-state index in [-0.39, 0.29) is 20.8 Å². The summed E-state index contributed by atoms with van der Waals surface area (Å²) in [6.07, 6.45) is 0. The second kappa shape index (κ2) is 4.64. The zero-order chi connectivity index (χ0) is 12.4. The summed E-state index contributed by atoms with van der Waals surface area (Å²) in [6.45, 7) is 0. The molecule has 0 aliphatic heterocycles. The van der Waals surface area contributed by atoms with Gasteiger partial charge in [-0.3, -0.25) is 10.1 Å². The van der Waals surface area contributed by atoms with E-state index in [1.165, 1.54) is 18.2 Å². The molecule has 0 aliphatic carbocycles. The van der Waals surface area contributed by atoms with Crippen molar-refractivity contribution in [3.05, 3.63) is 34.6 Å². The normalized spacial score (nSPS) is 10.2. The lowest BCUT2D eigenvalue weighted by Gasteiger charge is -2.03. The second-order valence-electron chi connectivity index (χ2n) is 3.00. The third-order valence-corrected chi connectivity index (χ3v) is 2.91. The summed E-state index contributed by atoms with van der Waals surface area (Å²) >= 11 is 6.67. The first-order valence-corrected chi connectivity index (χ1v) is 5.61. The monoisotopic (exact) mass is 272 g/mol. The standard InChI is InChI=1S/C9H6ClFN4OS/c10-6-4(2-1-3-5(6)11)7(16)13-9-15-14-8(12)17-9/h1-3H,(H2,12,14)(H,13,15,16). The lowest BCUT2D eigenvalue weighted by atomic mass is 10.2. The Balaban J connectivity index is 2.23. The highest BCUT2D eigenvalue weighted by Crippen LogP contribution is 2.22. The van der Waals surface area contributed by atoms with Crippen LogP contribution in [-0.4, -0.2) is 16.1 Å². The third-order valence-electron chi connectivity index (χ3n) is 1.86. The van der Waals surface area contributed by atoms with Crippen LogP contribution < -0.4 is 11.1 Å². The summed E-state index contributed by atoms with van der Waals surface area (Å²) in [5.41, 5.74) is 5.38. The second-order valence-corrected chi connectivity index (χ2v) is 4.39. The largest absolute Gasteiger partial charge is 0.374 e. The van der Waals surface area contributed by atoms with Gasteiger partial charge in [-0.05, 0) is 12.1 Å². The van der Waals surface area contributed by atoms with Gasteiger partial charge in [0.2, 0.25) is 10.3 Å². The van der Waals surface area contributed by atoms with Gasteiger partial charge in [-0.1, -0.05) is 29.0 Å². The molecule has 0 fully saturated rings. The van der Waals surface area contributed by atoms with Crippen LogP contribution in [0.15, 0.2) is 18.2 Å². The fourth-order valence-corrected chi connectivity index (χ4v) is 1.85. The van der Waals surface area contributed by atoms with Crippen molar-refractivity contribution < 1.29 is 9.18 Å². The fraction of sp³-hybridized carbons (Fsp3) is 0. The van der Waals surface area contributed by atoms with Crippen LogP contribution in [0.1, 0.15) is 10.4 Å². The zero-order valence-electron chi connectivity index (χ0n) is 8.28. The lowest BCUT2D eigenvalue weighted by molar-refractivity contribution is 0.102. The molecular weight excluding hydrogens is 267 g/mol. The average molecular weight is 273 g/mol. The highest BCUT2D eigenvalue weighted by Gasteiger charge is 2.15. The van der Waals surface area contributed by atoms with Crippen molar-refractivity contribution in [3.63, 3.8) is 0 Å². The maximum atomic E-state index is 13.1. The maximum Gasteiger partial charge on any atom is 0.259 e. The molecule has 17 heavy (non-hydrogen) atoms. The number of nitrogens with one attached hydrogen (secondary N) is 1. The van der Waals surface area contributed by atoms with Crippen LogP contribution >= 0.6 is 22.9 Å². The SMILES string of the molecule is Nc1nnc(NC(=O)c2cccc(F)c2Cl)s1. The molecular formula is C9H6ClFN4OS. The summed E-state index contributed by atoms with van der Waals surface area (Å²) in [7, 11) is 0. The number of nitrogens with zero attached hydrogens (tertiary/aromatic N) is 2. The number of rotatable bonds is 2. The van der Waals surface area contributed by atoms with Crippen molar-refractivity contribution in [2.45, 2.75) is 0 Å². The number of halogens is 2. The molecule has 0 saturated carbocycles. The number of nitrogen functional groups attached to an aromatic ring is 1. The molecule has 0 unspecified atom stereocenters. The van der Waals surface area contributed by atoms with Crippen LogP contribution in [0.3, 0.4) is 0 Å². The van der Waals surface area contributed by atoms with E-state index in [1.54, 1.807) is 0 Å². The Hall–Kier alpha value is -1.73. The van der Waals surface area contributed by atoms with Crippen molar-refractivity contribution in [1.82, 2.24) is 10.2 Å². The lowest BCUT2D eigenvalue weighted by Crippen LogP contribution is -2.12. The van der Waals surface area contributed by atoms with Gasteiger partial charge < -0.3 is 5.73 Å². The molecule has 0 radical (unpaired) electrons. The minimum atomic E-state index is -0.656. The predicted octanol–water partition coefficient (Wildman–Crippen LogP) is 2.17. The first-order valence-electron chi connectivity index (χ1n) is 4.42. The quantitative estimate of drug-likeness (QED) is 0.878. The van der Waals surface area contributed by atoms with E-state index in [4.69, 9.17) is 17.3 Å². The molecule has 5 nitrogen and oxygen atoms in total. The fourth-order valence-electron chi connectivity index (χ4n) is 1.13. The zero-order valence-corrected chi connectivity index (χ0v) is 9.85. The first-order chi connectivity index (χ1) is 8.08. The summed E-state index contributed by atoms with van der Waals surface area (Å²) in [4.78, 5) is 11.7. The summed E-state index contributed by atoms with van der Waals surface area (Å²) in [6, 6.07) is 3.97. The molecule has 1 aromatic carbocycles. The number of hydrogen-bond acceptors (Lipinski definition) is 5. The number of aromatic nitrogens is 2. The molecule has 2 rings (SSSR count). The number of carbonyl (C=O) groups is 1. The highest BCUT2D eigenvalue weighted by molar-refractivity contribution is 7.19. The smallest absolute Gasteiger partial charge is 0.259 e. The van der Waals surface area contributed by atoms with Crippen LogP contribution in [0, 0.1) is 5.82 Å². The average Bonchev–Trinajstić information content (AvgIpc) is 2.68. The maximum absolute atomic E-state index is 13.1. The van der Waals surface area contributed by atoms with E-state index in [1.807, 2.05) is 0 Å². The Morgan fingerprint density at radius 1 is 1.47 bits per heavy atom. The minimum absolute atomic E-state index is 0.0282. The van der Waals surface area contributed by atoms with Gasteiger partial charge in [-0.2, -0.15) is 0 Å². The summed E-state index contributed by atoms with van der Waals surface area (Å²) in [5.74, 6) is -1.22. The van der Waals surface area contributed by atoms with Gasteiger partial charge in [-0.25, -0.2) is 4.39 Å². The molecule has 1 aromatic heterocycles. The number of anilines is 2. The van der Waals surface area contributed by atoms with Crippen LogP contribution in [0.25, 0.3) is 0 Å². The Kier molecular flexibility index (Phi) is 3.21. The van der Waals surface area contributed by atoms with Crippen molar-refractivity contribution >= 4 is 39.1 Å². The number of nitrogens with two attached hydrogens (primary N) is 1. The number of carbonyl (C=O) groups excluding carboxylic acids is 1. The van der Waals surface area contributed by atoms with Crippen LogP contribution in [-0.2, 0) is 0 Å². The number of amides is 1. The van der Waals surface area contributed by atoms with E-state index in [2.05, 4.69) is 15.5 Å². The molecule has 0 aliphatic rings. The number of benzene rings is 1. The minimum Gasteiger partial charge on any atom is -0.374 e. The molecule has 0 spiro atoms. The molecule has 88 valence electrons. The molecule has 3 N–H and O–H groups in total. The van der Waals surface area contributed by atoms with Gasteiger partial charge in [0.15, 0.2) is 0 Å². The summed E-state index contributed by atoms with van der Waals surface area (Å²) < 4.78 is 13.1. The van der Waals surface area contributed by atoms with Gasteiger partial charge >= 0.3 is 0 Å². The van der Waals surface area contributed by atoms with E-state index >= 15 is 0 Å². The van der Waals surface area contributed by atoms with E-state index in [0.717, 1.165) is 11.3 Å². The molecule has 1 amide bonds. The molecule has 0 atom stereocenters. The third kappa shape index (κ3) is 2.51. The molecule has 1 heterocycles. The van der Waals surface area contributed by atoms with Gasteiger partial charge in [0.1, 0.15) is 5.82 Å². The topological polar surface area (TPSA) is 80.9 Å². The summed E-state index contributed by atoms with van der Waals surface area (Å²) in [5, 5.41) is 9.78. The van der Waals surface area contributed by atoms with Gasteiger partial charge in [0.05, 0.1) is 10.6 Å². The van der Waals surface area contributed by atoms with Gasteiger partial charge in [0, 0.05) is 0 Å². The Labute approximate surface area is 104 Å². The Bertz CT molecular complexity index is 574. The van der Waals surface area contributed by atoms with Crippen molar-refractivity contribution in [2.75, 3.05) is 11.1 Å². The van der Waals surface area contributed by atoms with E-state index in [0.29, 0.717) is 0 Å². The van der Waals surface area contributed by atoms with Crippen LogP contribution in [0.4, 0.5) is 14.7 Å². The van der Waals surface area contributed by atoms with Crippen LogP contribution in [0.5, 0.6) is 0 Å². The van der Waals surface area contributed by atoms with Crippen molar-refractivity contribution in [1.29, 1.82) is 0 Å². The molecule has 8 heteroatoms. The molecule has 2 aromatic rings. The number of hydrogen-bond donors (Lipinski definition) is 2. The van der Waals surface area contributed by atoms with E-state index < -0.39 is 11.7 Å². The Morgan fingerprint density at radius 2 is 2.24 bits per heavy atom. The van der Waals surface area contributed by atoms with E-state index in [9.17, 15) is 9.18 Å². The van der Waals surface area contributed by atoms with Gasteiger partial charge in [-0.15, -0.1) is 10.2 Å². The highest BCUT2D eigenvalue weighted by atomic mass is 35.5. The van der Waals surface area contributed by atoms with Crippen molar-refractivity contribution in [2.24, 2.45) is 0 Å².